The van der Waals surface area contributed by atoms with E-state index in [9.17, 15) is 10.1 Å². The van der Waals surface area contributed by atoms with Crippen molar-refractivity contribution in [3.63, 3.8) is 0 Å². The number of hydrogen-bond donors (Lipinski definition) is 1. The number of hydrogen-bond acceptors (Lipinski definition) is 4. The molecule has 0 atom stereocenters. The van der Waals surface area contributed by atoms with E-state index in [0.29, 0.717) is 5.69 Å². The summed E-state index contributed by atoms with van der Waals surface area (Å²) in [5.74, 6) is 0. The summed E-state index contributed by atoms with van der Waals surface area (Å²) >= 11 is 0. The van der Waals surface area contributed by atoms with E-state index in [1.165, 1.54) is 6.07 Å². The SMILES string of the molecule is N#Cc1cccc(NC2CC=CC2)c1[N+](=O)[O-]. The third kappa shape index (κ3) is 2.26. The van der Waals surface area contributed by atoms with Crippen molar-refractivity contribution in [2.75, 3.05) is 5.32 Å². The van der Waals surface area contributed by atoms with Crippen molar-refractivity contribution < 1.29 is 4.92 Å². The Bertz CT molecular complexity index is 509. The van der Waals surface area contributed by atoms with Crippen LogP contribution < -0.4 is 5.32 Å². The first-order valence-electron chi connectivity index (χ1n) is 5.31. The molecule has 0 aromatic heterocycles. The Morgan fingerprint density at radius 3 is 2.71 bits per heavy atom. The zero-order chi connectivity index (χ0) is 12.3. The molecule has 17 heavy (non-hydrogen) atoms. The Morgan fingerprint density at radius 1 is 1.41 bits per heavy atom. The molecule has 0 bridgehead atoms. The van der Waals surface area contributed by atoms with Crippen LogP contribution in [0.5, 0.6) is 0 Å². The zero-order valence-electron chi connectivity index (χ0n) is 9.09. The lowest BCUT2D eigenvalue weighted by Crippen LogP contribution is -2.16. The van der Waals surface area contributed by atoms with E-state index >= 15 is 0 Å². The van der Waals surface area contributed by atoms with Crippen LogP contribution in [0.25, 0.3) is 0 Å². The summed E-state index contributed by atoms with van der Waals surface area (Å²) in [6, 6.07) is 6.77. The summed E-state index contributed by atoms with van der Waals surface area (Å²) < 4.78 is 0. The minimum absolute atomic E-state index is 0.0888. The Morgan fingerprint density at radius 2 is 2.12 bits per heavy atom. The molecule has 0 fully saturated rings. The van der Waals surface area contributed by atoms with Gasteiger partial charge in [0.1, 0.15) is 17.3 Å². The second-order valence-electron chi connectivity index (χ2n) is 3.85. The van der Waals surface area contributed by atoms with Gasteiger partial charge >= 0.3 is 5.69 Å². The minimum atomic E-state index is -0.511. The van der Waals surface area contributed by atoms with E-state index in [-0.39, 0.29) is 17.3 Å². The van der Waals surface area contributed by atoms with Crippen LogP contribution in [0.1, 0.15) is 18.4 Å². The van der Waals surface area contributed by atoms with Gasteiger partial charge in [0.25, 0.3) is 0 Å². The molecule has 1 aliphatic rings. The molecule has 0 unspecified atom stereocenters. The number of para-hydroxylation sites is 1. The fourth-order valence-electron chi connectivity index (χ4n) is 1.90. The predicted octanol–water partition coefficient (Wildman–Crippen LogP) is 2.60. The quantitative estimate of drug-likeness (QED) is 0.490. The fourth-order valence-corrected chi connectivity index (χ4v) is 1.90. The van der Waals surface area contributed by atoms with Gasteiger partial charge < -0.3 is 5.32 Å². The Hall–Kier alpha value is -2.35. The lowest BCUT2D eigenvalue weighted by atomic mass is 10.1. The average molecular weight is 229 g/mol. The number of nitriles is 1. The molecule has 1 aliphatic carbocycles. The molecule has 0 aliphatic heterocycles. The maximum Gasteiger partial charge on any atom is 0.309 e. The van der Waals surface area contributed by atoms with E-state index in [4.69, 9.17) is 5.26 Å². The summed E-state index contributed by atoms with van der Waals surface area (Å²) in [5, 5.41) is 22.9. The molecule has 2 rings (SSSR count). The number of rotatable bonds is 3. The summed E-state index contributed by atoms with van der Waals surface area (Å²) in [4.78, 5) is 10.5. The summed E-state index contributed by atoms with van der Waals surface area (Å²) in [7, 11) is 0. The average Bonchev–Trinajstić information content (AvgIpc) is 2.81. The van der Waals surface area contributed by atoms with Crippen LogP contribution >= 0.6 is 0 Å². The number of nitro groups is 1. The fraction of sp³-hybridized carbons (Fsp3) is 0.250. The van der Waals surface area contributed by atoms with Crippen LogP contribution in [0.2, 0.25) is 0 Å². The van der Waals surface area contributed by atoms with Crippen molar-refractivity contribution in [1.29, 1.82) is 5.26 Å². The molecule has 5 heteroatoms. The molecule has 1 N–H and O–H groups in total. The number of nitro benzene ring substituents is 1. The summed E-state index contributed by atoms with van der Waals surface area (Å²) in [5.41, 5.74) is 0.371. The number of nitrogens with one attached hydrogen (secondary N) is 1. The second-order valence-corrected chi connectivity index (χ2v) is 3.85. The van der Waals surface area contributed by atoms with Gasteiger partial charge in [-0.25, -0.2) is 0 Å². The van der Waals surface area contributed by atoms with Gasteiger partial charge in [-0.1, -0.05) is 18.2 Å². The van der Waals surface area contributed by atoms with E-state index in [1.54, 1.807) is 12.1 Å². The van der Waals surface area contributed by atoms with Gasteiger partial charge in [-0.2, -0.15) is 5.26 Å². The maximum absolute atomic E-state index is 11.0. The van der Waals surface area contributed by atoms with Crippen molar-refractivity contribution in [2.24, 2.45) is 0 Å². The number of benzene rings is 1. The second kappa shape index (κ2) is 4.66. The van der Waals surface area contributed by atoms with Crippen LogP contribution in [-0.4, -0.2) is 11.0 Å². The molecule has 1 aromatic rings. The highest BCUT2D eigenvalue weighted by atomic mass is 16.6. The third-order valence-corrected chi connectivity index (χ3v) is 2.71. The Labute approximate surface area is 98.5 Å². The number of anilines is 1. The lowest BCUT2D eigenvalue weighted by Gasteiger charge is -2.13. The van der Waals surface area contributed by atoms with E-state index < -0.39 is 4.92 Å². The van der Waals surface area contributed by atoms with Crippen LogP contribution in [0.3, 0.4) is 0 Å². The van der Waals surface area contributed by atoms with Gasteiger partial charge in [0.05, 0.1) is 4.92 Å². The molecule has 5 nitrogen and oxygen atoms in total. The monoisotopic (exact) mass is 229 g/mol. The van der Waals surface area contributed by atoms with E-state index in [2.05, 4.69) is 5.32 Å². The van der Waals surface area contributed by atoms with Crippen molar-refractivity contribution in [2.45, 2.75) is 18.9 Å². The Balaban J connectivity index is 2.32. The highest BCUT2D eigenvalue weighted by molar-refractivity contribution is 5.68. The topological polar surface area (TPSA) is 79.0 Å². The van der Waals surface area contributed by atoms with Crippen LogP contribution in [0, 0.1) is 21.4 Å². The molecule has 86 valence electrons. The molecule has 0 saturated carbocycles. The zero-order valence-corrected chi connectivity index (χ0v) is 9.09. The first-order chi connectivity index (χ1) is 8.22. The predicted molar refractivity (Wildman–Crippen MR) is 63.6 cm³/mol. The van der Waals surface area contributed by atoms with Gasteiger partial charge in [-0.15, -0.1) is 0 Å². The largest absolute Gasteiger partial charge is 0.376 e. The molecular formula is C12H11N3O2. The van der Waals surface area contributed by atoms with E-state index in [0.717, 1.165) is 12.8 Å². The molecule has 0 radical (unpaired) electrons. The normalized spacial score (nSPS) is 14.5. The molecule has 0 saturated heterocycles. The smallest absolute Gasteiger partial charge is 0.309 e. The number of nitrogens with zero attached hydrogens (tertiary/aromatic N) is 2. The first kappa shape index (κ1) is 11.1. The van der Waals surface area contributed by atoms with Gasteiger partial charge in [0.2, 0.25) is 0 Å². The first-order valence-corrected chi connectivity index (χ1v) is 5.31. The minimum Gasteiger partial charge on any atom is -0.376 e. The van der Waals surface area contributed by atoms with Crippen LogP contribution in [0.4, 0.5) is 11.4 Å². The molecule has 0 spiro atoms. The summed E-state index contributed by atoms with van der Waals surface area (Å²) in [6.45, 7) is 0. The molecule has 1 aromatic carbocycles. The van der Waals surface area contributed by atoms with Gasteiger partial charge in [-0.3, -0.25) is 10.1 Å². The van der Waals surface area contributed by atoms with Crippen molar-refractivity contribution in [1.82, 2.24) is 0 Å². The molecule has 0 amide bonds. The van der Waals surface area contributed by atoms with Crippen LogP contribution in [0.15, 0.2) is 30.4 Å². The van der Waals surface area contributed by atoms with Crippen molar-refractivity contribution >= 4 is 11.4 Å². The van der Waals surface area contributed by atoms with E-state index in [1.807, 2.05) is 18.2 Å². The summed E-state index contributed by atoms with van der Waals surface area (Å²) in [6.07, 6.45) is 5.79. The Kier molecular flexibility index (Phi) is 3.06. The van der Waals surface area contributed by atoms with Gasteiger partial charge in [0, 0.05) is 6.04 Å². The van der Waals surface area contributed by atoms with Crippen LogP contribution in [-0.2, 0) is 0 Å². The maximum atomic E-state index is 11.0. The van der Waals surface area contributed by atoms with Gasteiger partial charge in [0.15, 0.2) is 0 Å². The highest BCUT2D eigenvalue weighted by Gasteiger charge is 2.21. The standard InChI is InChI=1S/C12H11N3O2/c13-8-9-4-3-7-11(12(9)15(16)17)14-10-5-1-2-6-10/h1-4,7,10,14H,5-6H2. The third-order valence-electron chi connectivity index (χ3n) is 2.71. The van der Waals surface area contributed by atoms with Crippen molar-refractivity contribution in [3.05, 3.63) is 46.0 Å². The lowest BCUT2D eigenvalue weighted by molar-refractivity contribution is -0.384. The van der Waals surface area contributed by atoms with Crippen molar-refractivity contribution in [3.8, 4) is 6.07 Å². The van der Waals surface area contributed by atoms with Gasteiger partial charge in [-0.05, 0) is 25.0 Å². The highest BCUT2D eigenvalue weighted by Crippen LogP contribution is 2.30. The molecule has 0 heterocycles. The molecular weight excluding hydrogens is 218 g/mol.